The van der Waals surface area contributed by atoms with Crippen molar-refractivity contribution in [3.63, 3.8) is 0 Å². The molecule has 2 amide bonds. The van der Waals surface area contributed by atoms with Crippen molar-refractivity contribution < 1.29 is 14.3 Å². The van der Waals surface area contributed by atoms with Crippen LogP contribution in [0, 0.1) is 0 Å². The van der Waals surface area contributed by atoms with Crippen molar-refractivity contribution in [3.05, 3.63) is 28.2 Å². The first-order valence-electron chi connectivity index (χ1n) is 6.73. The highest BCUT2D eigenvalue weighted by Gasteiger charge is 2.16. The lowest BCUT2D eigenvalue weighted by Crippen LogP contribution is -2.33. The molecule has 0 aromatic carbocycles. The molecule has 116 valence electrons. The van der Waals surface area contributed by atoms with Crippen LogP contribution < -0.4 is 10.9 Å². The summed E-state index contributed by atoms with van der Waals surface area (Å²) < 4.78 is 5.98. The Bertz CT molecular complexity index is 576. The molecule has 1 N–H and O–H groups in total. The van der Waals surface area contributed by atoms with E-state index in [9.17, 15) is 14.4 Å². The van der Waals surface area contributed by atoms with Gasteiger partial charge in [-0.1, -0.05) is 0 Å². The van der Waals surface area contributed by atoms with E-state index >= 15 is 0 Å². The number of carbonyl (C=O) groups excluding carboxylic acids is 2. The zero-order valence-electron chi connectivity index (χ0n) is 12.8. The van der Waals surface area contributed by atoms with Crippen LogP contribution >= 0.6 is 0 Å². The largest absolute Gasteiger partial charge is 0.375 e. The van der Waals surface area contributed by atoms with E-state index < -0.39 is 5.91 Å². The van der Waals surface area contributed by atoms with Gasteiger partial charge in [-0.3, -0.25) is 14.4 Å². The molecule has 0 aliphatic carbocycles. The molecular formula is C14H21N3O4. The lowest BCUT2D eigenvalue weighted by molar-refractivity contribution is -0.119. The molecular weight excluding hydrogens is 274 g/mol. The summed E-state index contributed by atoms with van der Waals surface area (Å²) in [6, 6.07) is 1.40. The van der Waals surface area contributed by atoms with E-state index in [1.807, 2.05) is 13.8 Å². The highest BCUT2D eigenvalue weighted by molar-refractivity contribution is 5.97. The number of hydrogen-bond acceptors (Lipinski definition) is 4. The number of carbonyl (C=O) groups is 2. The Morgan fingerprint density at radius 2 is 1.95 bits per heavy atom. The molecule has 0 spiro atoms. The number of methoxy groups -OCH3 is 1. The number of pyridine rings is 1. The van der Waals surface area contributed by atoms with Gasteiger partial charge in [0.1, 0.15) is 12.3 Å². The zero-order chi connectivity index (χ0) is 16.0. The first-order chi connectivity index (χ1) is 9.94. The van der Waals surface area contributed by atoms with Crippen LogP contribution in [0.3, 0.4) is 0 Å². The minimum atomic E-state index is -0.443. The van der Waals surface area contributed by atoms with Gasteiger partial charge in [0.05, 0.1) is 5.56 Å². The van der Waals surface area contributed by atoms with Gasteiger partial charge >= 0.3 is 0 Å². The molecule has 1 heterocycles. The third kappa shape index (κ3) is 4.16. The van der Waals surface area contributed by atoms with Crippen LogP contribution in [-0.4, -0.2) is 48.1 Å². The maximum atomic E-state index is 12.3. The van der Waals surface area contributed by atoms with Crippen LogP contribution in [0.2, 0.25) is 0 Å². The molecule has 7 nitrogen and oxygen atoms in total. The van der Waals surface area contributed by atoms with E-state index in [1.54, 1.807) is 4.90 Å². The van der Waals surface area contributed by atoms with Gasteiger partial charge in [0.2, 0.25) is 5.91 Å². The average Bonchev–Trinajstić information content (AvgIpc) is 2.45. The van der Waals surface area contributed by atoms with Gasteiger partial charge in [-0.15, -0.1) is 0 Å². The fourth-order valence-corrected chi connectivity index (χ4v) is 1.93. The number of anilines is 1. The zero-order valence-corrected chi connectivity index (χ0v) is 12.8. The molecule has 21 heavy (non-hydrogen) atoms. The molecule has 0 radical (unpaired) electrons. The molecule has 1 aromatic heterocycles. The van der Waals surface area contributed by atoms with Crippen LogP contribution in [0.5, 0.6) is 0 Å². The topological polar surface area (TPSA) is 80.6 Å². The van der Waals surface area contributed by atoms with Crippen LogP contribution in [0.15, 0.2) is 17.1 Å². The van der Waals surface area contributed by atoms with E-state index in [2.05, 4.69) is 5.32 Å². The summed E-state index contributed by atoms with van der Waals surface area (Å²) in [5.74, 6) is -0.625. The van der Waals surface area contributed by atoms with Gasteiger partial charge in [0.25, 0.3) is 11.5 Å². The van der Waals surface area contributed by atoms with Crippen molar-refractivity contribution in [3.8, 4) is 0 Å². The molecule has 7 heteroatoms. The maximum absolute atomic E-state index is 12.3. The Hall–Kier alpha value is -2.15. The Morgan fingerprint density at radius 1 is 1.33 bits per heavy atom. The van der Waals surface area contributed by atoms with Gasteiger partial charge < -0.3 is 19.5 Å². The summed E-state index contributed by atoms with van der Waals surface area (Å²) in [7, 11) is 2.92. The molecule has 0 fully saturated rings. The summed E-state index contributed by atoms with van der Waals surface area (Å²) in [6.07, 6.45) is 1.47. The number of aryl methyl sites for hydroxylation is 1. The quantitative estimate of drug-likeness (QED) is 0.826. The number of ether oxygens (including phenoxy) is 1. The molecule has 1 aromatic rings. The van der Waals surface area contributed by atoms with E-state index in [-0.39, 0.29) is 23.8 Å². The Labute approximate surface area is 123 Å². The lowest BCUT2D eigenvalue weighted by atomic mass is 10.2. The molecule has 0 aliphatic rings. The van der Waals surface area contributed by atoms with Gasteiger partial charge in [-0.25, -0.2) is 0 Å². The fourth-order valence-electron chi connectivity index (χ4n) is 1.93. The Kier molecular flexibility index (Phi) is 6.10. The summed E-state index contributed by atoms with van der Waals surface area (Å²) >= 11 is 0. The Morgan fingerprint density at radius 3 is 2.48 bits per heavy atom. The smallest absolute Gasteiger partial charge is 0.274 e. The predicted molar refractivity (Wildman–Crippen MR) is 79.4 cm³/mol. The second-order valence-corrected chi connectivity index (χ2v) is 4.52. The number of hydrogen-bond donors (Lipinski definition) is 1. The van der Waals surface area contributed by atoms with Gasteiger partial charge in [-0.2, -0.15) is 0 Å². The summed E-state index contributed by atoms with van der Waals surface area (Å²) in [6.45, 7) is 4.75. The molecule has 0 atom stereocenters. The predicted octanol–water partition coefficient (Wildman–Crippen LogP) is 0.452. The third-order valence-electron chi connectivity index (χ3n) is 3.03. The van der Waals surface area contributed by atoms with Crippen molar-refractivity contribution in [1.29, 1.82) is 0 Å². The SMILES string of the molecule is CCN(CC)C(=O)c1cc(NC(=O)COC)c(=O)n(C)c1. The Balaban J connectivity index is 3.14. The van der Waals surface area contributed by atoms with Crippen molar-refractivity contribution in [1.82, 2.24) is 9.47 Å². The average molecular weight is 295 g/mol. The molecule has 0 bridgehead atoms. The van der Waals surface area contributed by atoms with Crippen LogP contribution in [-0.2, 0) is 16.6 Å². The fraction of sp³-hybridized carbons (Fsp3) is 0.500. The van der Waals surface area contributed by atoms with Crippen LogP contribution in [0.1, 0.15) is 24.2 Å². The monoisotopic (exact) mass is 295 g/mol. The van der Waals surface area contributed by atoms with Gasteiger partial charge in [0, 0.05) is 33.4 Å². The summed E-state index contributed by atoms with van der Waals surface area (Å²) in [5.41, 5.74) is 0.0432. The van der Waals surface area contributed by atoms with E-state index in [1.165, 1.54) is 31.0 Å². The lowest BCUT2D eigenvalue weighted by Gasteiger charge is -2.19. The summed E-state index contributed by atoms with van der Waals surface area (Å²) in [4.78, 5) is 37.4. The number of nitrogens with one attached hydrogen (secondary N) is 1. The highest BCUT2D eigenvalue weighted by atomic mass is 16.5. The van der Waals surface area contributed by atoms with Crippen molar-refractivity contribution in [2.45, 2.75) is 13.8 Å². The number of rotatable bonds is 6. The number of amides is 2. The van der Waals surface area contributed by atoms with E-state index in [0.29, 0.717) is 18.7 Å². The molecule has 0 saturated carbocycles. The third-order valence-corrected chi connectivity index (χ3v) is 3.03. The van der Waals surface area contributed by atoms with E-state index in [4.69, 9.17) is 4.74 Å². The van der Waals surface area contributed by atoms with Crippen LogP contribution in [0.4, 0.5) is 5.69 Å². The molecule has 0 aliphatic heterocycles. The molecule has 0 unspecified atom stereocenters. The maximum Gasteiger partial charge on any atom is 0.274 e. The van der Waals surface area contributed by atoms with E-state index in [0.717, 1.165) is 0 Å². The van der Waals surface area contributed by atoms with Gasteiger partial charge in [-0.05, 0) is 19.9 Å². The minimum Gasteiger partial charge on any atom is -0.375 e. The number of nitrogens with zero attached hydrogens (tertiary/aromatic N) is 2. The normalized spacial score (nSPS) is 10.3. The second-order valence-electron chi connectivity index (χ2n) is 4.52. The first kappa shape index (κ1) is 16.9. The van der Waals surface area contributed by atoms with Crippen molar-refractivity contribution in [2.24, 2.45) is 7.05 Å². The second kappa shape index (κ2) is 7.58. The molecule has 0 saturated heterocycles. The standard InChI is InChI=1S/C14H21N3O4/c1-5-17(6-2)13(19)10-7-11(14(20)16(3)8-10)15-12(18)9-21-4/h7-8H,5-6,9H2,1-4H3,(H,15,18). The van der Waals surface area contributed by atoms with Crippen molar-refractivity contribution in [2.75, 3.05) is 32.1 Å². The summed E-state index contributed by atoms with van der Waals surface area (Å²) in [5, 5.41) is 2.45. The molecule has 1 rings (SSSR count). The van der Waals surface area contributed by atoms with Gasteiger partial charge in [0.15, 0.2) is 0 Å². The highest BCUT2D eigenvalue weighted by Crippen LogP contribution is 2.08. The number of aromatic nitrogens is 1. The van der Waals surface area contributed by atoms with Crippen LogP contribution in [0.25, 0.3) is 0 Å². The van der Waals surface area contributed by atoms with Crippen molar-refractivity contribution >= 4 is 17.5 Å². The first-order valence-corrected chi connectivity index (χ1v) is 6.73. The minimum absolute atomic E-state index is 0.0672.